The molecule has 2 aliphatic rings. The SMILES string of the molecule is [2H]c1c([2H])c(S(=O)(=O)NC(=O)NN2CC3CCCCC3C2)c([2H])c([2H])c1C. The number of hydrogen-bond acceptors (Lipinski definition) is 4. The van der Waals surface area contributed by atoms with Crippen LogP contribution >= 0.6 is 0 Å². The van der Waals surface area contributed by atoms with Crippen molar-refractivity contribution in [3.63, 3.8) is 0 Å². The molecule has 7 heteroatoms. The van der Waals surface area contributed by atoms with E-state index in [1.165, 1.54) is 19.8 Å². The summed E-state index contributed by atoms with van der Waals surface area (Å²) < 4.78 is 58.1. The fourth-order valence-corrected chi connectivity index (χ4v) is 4.10. The number of nitrogens with one attached hydrogen (secondary N) is 2. The van der Waals surface area contributed by atoms with Crippen molar-refractivity contribution in [3.8, 4) is 0 Å². The molecule has 2 N–H and O–H groups in total. The second-order valence-electron chi connectivity index (χ2n) is 6.21. The topological polar surface area (TPSA) is 78.5 Å². The van der Waals surface area contributed by atoms with Gasteiger partial charge < -0.3 is 0 Å². The van der Waals surface area contributed by atoms with E-state index in [1.807, 2.05) is 4.72 Å². The molecule has 1 aromatic rings. The molecule has 1 aromatic carbocycles. The Bertz CT molecular complexity index is 835. The van der Waals surface area contributed by atoms with Crippen LogP contribution in [0.2, 0.25) is 0 Å². The van der Waals surface area contributed by atoms with Gasteiger partial charge >= 0.3 is 6.03 Å². The average Bonchev–Trinajstić information content (AvgIpc) is 2.99. The van der Waals surface area contributed by atoms with Crippen LogP contribution in [0.25, 0.3) is 0 Å². The summed E-state index contributed by atoms with van der Waals surface area (Å²) in [4.78, 5) is 11.4. The lowest BCUT2D eigenvalue weighted by Crippen LogP contribution is -2.48. The highest BCUT2D eigenvalue weighted by Gasteiger charge is 2.35. The number of urea groups is 1. The molecule has 0 radical (unpaired) electrons. The van der Waals surface area contributed by atoms with E-state index in [-0.39, 0.29) is 5.56 Å². The maximum absolute atomic E-state index is 12.5. The molecule has 3 rings (SSSR count). The van der Waals surface area contributed by atoms with Crippen LogP contribution in [0.4, 0.5) is 4.79 Å². The Morgan fingerprint density at radius 3 is 2.30 bits per heavy atom. The van der Waals surface area contributed by atoms with Gasteiger partial charge in [-0.2, -0.15) is 0 Å². The number of rotatable bonds is 3. The Balaban J connectivity index is 1.74. The number of amides is 2. The van der Waals surface area contributed by atoms with Crippen molar-refractivity contribution in [1.29, 1.82) is 0 Å². The van der Waals surface area contributed by atoms with Crippen LogP contribution in [0.15, 0.2) is 29.1 Å². The number of carbonyl (C=O) groups is 1. The van der Waals surface area contributed by atoms with Crippen LogP contribution < -0.4 is 10.1 Å². The van der Waals surface area contributed by atoms with E-state index in [9.17, 15) is 13.2 Å². The molecule has 1 saturated heterocycles. The minimum absolute atomic E-state index is 0.0491. The average molecular weight is 341 g/mol. The molecule has 1 saturated carbocycles. The van der Waals surface area contributed by atoms with Gasteiger partial charge in [0.05, 0.1) is 10.4 Å². The zero-order chi connectivity index (χ0) is 19.9. The predicted octanol–water partition coefficient (Wildman–Crippen LogP) is 2.02. The summed E-state index contributed by atoms with van der Waals surface area (Å²) in [5.41, 5.74) is 2.58. The molecule has 126 valence electrons. The van der Waals surface area contributed by atoms with Gasteiger partial charge in [0.1, 0.15) is 0 Å². The molecule has 1 aliphatic heterocycles. The quantitative estimate of drug-likeness (QED) is 0.882. The van der Waals surface area contributed by atoms with E-state index >= 15 is 0 Å². The molecule has 2 unspecified atom stereocenters. The zero-order valence-electron chi connectivity index (χ0n) is 17.0. The molecule has 1 aliphatic carbocycles. The smallest absolute Gasteiger partial charge is 0.270 e. The largest absolute Gasteiger partial charge is 0.343 e. The molecule has 2 atom stereocenters. The van der Waals surface area contributed by atoms with Crippen molar-refractivity contribution in [1.82, 2.24) is 15.2 Å². The number of fused-ring (bicyclic) bond motifs is 1. The maximum Gasteiger partial charge on any atom is 0.343 e. The monoisotopic (exact) mass is 341 g/mol. The lowest BCUT2D eigenvalue weighted by atomic mass is 9.82. The number of hydrogen-bond donors (Lipinski definition) is 2. The summed E-state index contributed by atoms with van der Waals surface area (Å²) >= 11 is 0. The Kier molecular flexibility index (Phi) is 3.35. The lowest BCUT2D eigenvalue weighted by Gasteiger charge is -2.22. The van der Waals surface area contributed by atoms with Crippen LogP contribution in [0, 0.1) is 18.8 Å². The van der Waals surface area contributed by atoms with Crippen molar-refractivity contribution in [2.45, 2.75) is 37.5 Å². The number of benzene rings is 1. The van der Waals surface area contributed by atoms with Crippen LogP contribution in [-0.2, 0) is 10.0 Å². The number of hydrazine groups is 1. The van der Waals surface area contributed by atoms with Gasteiger partial charge in [-0.1, -0.05) is 30.5 Å². The summed E-state index contributed by atoms with van der Waals surface area (Å²) in [6.07, 6.45) is 4.56. The van der Waals surface area contributed by atoms with E-state index < -0.39 is 45.1 Å². The molecular formula is C16H23N3O3S. The molecule has 0 bridgehead atoms. The van der Waals surface area contributed by atoms with Crippen molar-refractivity contribution < 1.29 is 18.7 Å². The minimum atomic E-state index is -4.55. The Labute approximate surface area is 142 Å². The third-order valence-electron chi connectivity index (χ3n) is 4.46. The van der Waals surface area contributed by atoms with Gasteiger partial charge in [-0.3, -0.25) is 5.43 Å². The first-order valence-electron chi connectivity index (χ1n) is 9.77. The number of nitrogens with zero attached hydrogens (tertiary/aromatic N) is 1. The van der Waals surface area contributed by atoms with Crippen LogP contribution in [0.3, 0.4) is 0 Å². The second-order valence-corrected chi connectivity index (χ2v) is 7.83. The van der Waals surface area contributed by atoms with Gasteiger partial charge in [-0.25, -0.2) is 22.9 Å². The second kappa shape index (κ2) is 6.49. The van der Waals surface area contributed by atoms with E-state index in [4.69, 9.17) is 5.48 Å². The van der Waals surface area contributed by atoms with Crippen molar-refractivity contribution in [3.05, 3.63) is 29.7 Å². The summed E-state index contributed by atoms with van der Waals surface area (Å²) in [5.74, 6) is 1.01. The Hall–Kier alpha value is -1.60. The van der Waals surface area contributed by atoms with Gasteiger partial charge in [-0.15, -0.1) is 0 Å². The third kappa shape index (κ3) is 3.84. The fraction of sp³-hybridized carbons (Fsp3) is 0.562. The van der Waals surface area contributed by atoms with Gasteiger partial charge in [0.25, 0.3) is 10.0 Å². The van der Waals surface area contributed by atoms with E-state index in [0.29, 0.717) is 24.9 Å². The third-order valence-corrected chi connectivity index (χ3v) is 5.65. The van der Waals surface area contributed by atoms with Crippen molar-refractivity contribution in [2.24, 2.45) is 11.8 Å². The summed E-state index contributed by atoms with van der Waals surface area (Å²) in [6.45, 7) is 2.72. The first kappa shape index (κ1) is 11.9. The van der Waals surface area contributed by atoms with Gasteiger partial charge in [0.2, 0.25) is 0 Å². The minimum Gasteiger partial charge on any atom is -0.270 e. The van der Waals surface area contributed by atoms with Crippen LogP contribution in [0.1, 0.15) is 36.7 Å². The zero-order valence-corrected chi connectivity index (χ0v) is 13.8. The highest BCUT2D eigenvalue weighted by atomic mass is 32.2. The fourth-order valence-electron chi connectivity index (χ4n) is 3.33. The summed E-state index contributed by atoms with van der Waals surface area (Å²) in [5, 5.41) is 1.70. The van der Waals surface area contributed by atoms with Crippen molar-refractivity contribution in [2.75, 3.05) is 13.1 Å². The molecular weight excluding hydrogens is 314 g/mol. The number of sulfonamides is 1. The normalized spacial score (nSPS) is 27.3. The molecule has 0 spiro atoms. The van der Waals surface area contributed by atoms with Gasteiger partial charge in [-0.05, 0) is 43.7 Å². The Morgan fingerprint density at radius 2 is 1.74 bits per heavy atom. The van der Waals surface area contributed by atoms with Crippen LogP contribution in [0.5, 0.6) is 0 Å². The van der Waals surface area contributed by atoms with Crippen LogP contribution in [-0.4, -0.2) is 32.5 Å². The molecule has 23 heavy (non-hydrogen) atoms. The van der Waals surface area contributed by atoms with E-state index in [2.05, 4.69) is 5.43 Å². The molecule has 2 amide bonds. The van der Waals surface area contributed by atoms with Gasteiger partial charge in [0.15, 0.2) is 0 Å². The standard InChI is InChI=1S/C16H23N3O3S/c1-12-6-8-15(9-7-12)23(21,22)18-16(20)17-19-10-13-4-2-3-5-14(13)11-19/h6-9,13-14H,2-5,10-11H2,1H3,(H2,17,18,20)/i6D,7D,8D,9D. The molecule has 0 aromatic heterocycles. The maximum atomic E-state index is 12.5. The summed E-state index contributed by atoms with van der Waals surface area (Å²) in [6, 6.07) is -3.24. The number of carbonyl (C=O) groups excluding carboxylic acids is 1. The molecule has 6 nitrogen and oxygen atoms in total. The lowest BCUT2D eigenvalue weighted by molar-refractivity contribution is 0.197. The highest BCUT2D eigenvalue weighted by molar-refractivity contribution is 7.90. The van der Waals surface area contributed by atoms with Crippen molar-refractivity contribution >= 4 is 16.1 Å². The first-order valence-corrected chi connectivity index (χ1v) is 9.25. The highest BCUT2D eigenvalue weighted by Crippen LogP contribution is 2.35. The molecule has 2 fully saturated rings. The Morgan fingerprint density at radius 1 is 1.17 bits per heavy atom. The van der Waals surface area contributed by atoms with Gasteiger partial charge in [0, 0.05) is 13.1 Å². The van der Waals surface area contributed by atoms with E-state index in [0.717, 1.165) is 12.8 Å². The predicted molar refractivity (Wildman–Crippen MR) is 87.1 cm³/mol. The molecule has 1 heterocycles. The van der Waals surface area contributed by atoms with E-state index in [1.54, 1.807) is 5.01 Å². The first-order chi connectivity index (χ1) is 12.6. The summed E-state index contributed by atoms with van der Waals surface area (Å²) in [7, 11) is -4.55.